The predicted octanol–water partition coefficient (Wildman–Crippen LogP) is 6.56. The first-order valence-corrected chi connectivity index (χ1v) is 10.6. The first kappa shape index (κ1) is 20.4. The second-order valence-corrected chi connectivity index (χ2v) is 7.62. The van der Waals surface area contributed by atoms with Gasteiger partial charge in [0.25, 0.3) is 0 Å². The molecule has 0 saturated carbocycles. The van der Waals surface area contributed by atoms with E-state index in [4.69, 9.17) is 14.5 Å². The number of ether oxygens (including phenoxy) is 2. The van der Waals surface area contributed by atoms with Gasteiger partial charge in [0.15, 0.2) is 0 Å². The smallest absolute Gasteiger partial charge is 0.134 e. The molecule has 0 aliphatic rings. The fourth-order valence-corrected chi connectivity index (χ4v) is 4.02. The Hall–Kier alpha value is -3.88. The van der Waals surface area contributed by atoms with Crippen molar-refractivity contribution in [1.82, 2.24) is 4.98 Å². The summed E-state index contributed by atoms with van der Waals surface area (Å²) < 4.78 is 10.7. The van der Waals surface area contributed by atoms with Crippen LogP contribution in [0.15, 0.2) is 78.2 Å². The zero-order valence-corrected chi connectivity index (χ0v) is 18.0. The summed E-state index contributed by atoms with van der Waals surface area (Å²) in [5.74, 6) is 1.34. The van der Waals surface area contributed by atoms with Gasteiger partial charge >= 0.3 is 0 Å². The number of benzene rings is 3. The van der Waals surface area contributed by atoms with Crippen LogP contribution in [0.5, 0.6) is 11.5 Å². The highest BCUT2D eigenvalue weighted by Gasteiger charge is 2.11. The van der Waals surface area contributed by atoms with Gasteiger partial charge in [-0.2, -0.15) is 5.26 Å². The number of allylic oxidation sites excluding steroid dienone is 1. The van der Waals surface area contributed by atoms with Crippen molar-refractivity contribution in [2.45, 2.75) is 0 Å². The Kier molecular flexibility index (Phi) is 6.11. The van der Waals surface area contributed by atoms with Crippen molar-refractivity contribution in [3.05, 3.63) is 88.7 Å². The molecule has 152 valence electrons. The van der Waals surface area contributed by atoms with Crippen molar-refractivity contribution < 1.29 is 9.47 Å². The number of methoxy groups -OCH3 is 2. The summed E-state index contributed by atoms with van der Waals surface area (Å²) in [5, 5.41) is 12.4. The molecule has 4 aromatic rings. The van der Waals surface area contributed by atoms with Crippen molar-refractivity contribution in [2.75, 3.05) is 14.2 Å². The molecule has 0 fully saturated rings. The van der Waals surface area contributed by atoms with E-state index in [0.717, 1.165) is 22.4 Å². The van der Waals surface area contributed by atoms with Crippen molar-refractivity contribution in [2.24, 2.45) is 0 Å². The normalized spacial score (nSPS) is 11.1. The second-order valence-electron chi connectivity index (χ2n) is 6.76. The lowest BCUT2D eigenvalue weighted by atomic mass is 10.0. The van der Waals surface area contributed by atoms with E-state index in [1.54, 1.807) is 26.4 Å². The van der Waals surface area contributed by atoms with Gasteiger partial charge in [0, 0.05) is 22.6 Å². The van der Waals surface area contributed by atoms with E-state index in [-0.39, 0.29) is 0 Å². The maximum absolute atomic E-state index is 9.73. The molecule has 4 rings (SSSR count). The Morgan fingerprint density at radius 3 is 2.29 bits per heavy atom. The van der Waals surface area contributed by atoms with E-state index in [1.165, 1.54) is 16.9 Å². The number of hydrogen-bond acceptors (Lipinski definition) is 5. The third-order valence-electron chi connectivity index (χ3n) is 4.88. The van der Waals surface area contributed by atoms with Gasteiger partial charge in [-0.15, -0.1) is 11.3 Å². The van der Waals surface area contributed by atoms with Gasteiger partial charge in [0.2, 0.25) is 0 Å². The molecule has 0 spiro atoms. The van der Waals surface area contributed by atoms with Crippen molar-refractivity contribution in [1.29, 1.82) is 5.26 Å². The maximum Gasteiger partial charge on any atom is 0.134 e. The molecule has 0 unspecified atom stereocenters. The Morgan fingerprint density at radius 2 is 1.61 bits per heavy atom. The van der Waals surface area contributed by atoms with Crippen LogP contribution in [0.25, 0.3) is 34.0 Å². The molecule has 0 atom stereocenters. The van der Waals surface area contributed by atoms with Crippen molar-refractivity contribution >= 4 is 23.0 Å². The van der Waals surface area contributed by atoms with E-state index < -0.39 is 0 Å². The summed E-state index contributed by atoms with van der Waals surface area (Å²) >= 11 is 1.45. The first-order valence-electron chi connectivity index (χ1n) is 9.67. The molecule has 3 aromatic carbocycles. The highest BCUT2D eigenvalue weighted by Crippen LogP contribution is 2.31. The first-order chi connectivity index (χ1) is 15.2. The zero-order valence-electron chi connectivity index (χ0n) is 17.2. The summed E-state index contributed by atoms with van der Waals surface area (Å²) in [6.07, 6.45) is 1.79. The highest BCUT2D eigenvalue weighted by atomic mass is 32.1. The molecule has 1 aromatic heterocycles. The fourth-order valence-electron chi connectivity index (χ4n) is 3.23. The molecule has 0 N–H and O–H groups in total. The second kappa shape index (κ2) is 9.29. The molecule has 0 saturated heterocycles. The van der Waals surface area contributed by atoms with E-state index in [9.17, 15) is 5.26 Å². The third kappa shape index (κ3) is 4.50. The molecule has 5 heteroatoms. The lowest BCUT2D eigenvalue weighted by Crippen LogP contribution is -1.90. The molecular formula is C26H20N2O2S. The molecule has 0 bridgehead atoms. The van der Waals surface area contributed by atoms with Gasteiger partial charge in [-0.1, -0.05) is 54.6 Å². The standard InChI is InChI=1S/C26H20N2O2S/c1-29-23-13-12-21(25(15-23)30-2)14-22(16-27)26-28-24(17-31-26)20-10-8-19(9-11-20)18-6-4-3-5-7-18/h3-15,17H,1-2H3/b22-14+. The van der Waals surface area contributed by atoms with E-state index in [0.29, 0.717) is 22.1 Å². The SMILES string of the molecule is COc1ccc(/C=C(\C#N)c2nc(-c3ccc(-c4ccccc4)cc3)cs2)c(OC)c1. The van der Waals surface area contributed by atoms with E-state index >= 15 is 0 Å². The quantitative estimate of drug-likeness (QED) is 0.329. The number of rotatable bonds is 6. The van der Waals surface area contributed by atoms with Gasteiger partial charge in [-0.3, -0.25) is 0 Å². The van der Waals surface area contributed by atoms with Crippen LogP contribution in [0.1, 0.15) is 10.6 Å². The van der Waals surface area contributed by atoms with Crippen LogP contribution >= 0.6 is 11.3 Å². The molecule has 4 nitrogen and oxygen atoms in total. The lowest BCUT2D eigenvalue weighted by Gasteiger charge is -2.07. The fraction of sp³-hybridized carbons (Fsp3) is 0.0769. The molecule has 0 aliphatic carbocycles. The van der Waals surface area contributed by atoms with E-state index in [1.807, 2.05) is 35.7 Å². The Bertz CT molecular complexity index is 1250. The zero-order chi connectivity index (χ0) is 21.6. The summed E-state index contributed by atoms with van der Waals surface area (Å²) in [6.45, 7) is 0. The van der Waals surface area contributed by atoms with Crippen LogP contribution in [0.4, 0.5) is 0 Å². The number of nitrogens with zero attached hydrogens (tertiary/aromatic N) is 2. The Morgan fingerprint density at radius 1 is 0.903 bits per heavy atom. The van der Waals surface area contributed by atoms with Gasteiger partial charge < -0.3 is 9.47 Å². The minimum absolute atomic E-state index is 0.487. The van der Waals surface area contributed by atoms with Crippen LogP contribution in [-0.2, 0) is 0 Å². The average Bonchev–Trinajstić information content (AvgIpc) is 3.33. The lowest BCUT2D eigenvalue weighted by molar-refractivity contribution is 0.394. The number of nitriles is 1. The Balaban J connectivity index is 1.62. The maximum atomic E-state index is 9.73. The van der Waals surface area contributed by atoms with Gasteiger partial charge in [0.1, 0.15) is 22.6 Å². The van der Waals surface area contributed by atoms with Crippen molar-refractivity contribution in [3.8, 4) is 40.0 Å². The van der Waals surface area contributed by atoms with Gasteiger partial charge in [-0.05, 0) is 29.3 Å². The van der Waals surface area contributed by atoms with Crippen LogP contribution in [0.2, 0.25) is 0 Å². The van der Waals surface area contributed by atoms with Gasteiger partial charge in [0.05, 0.1) is 25.5 Å². The number of aromatic nitrogens is 1. The monoisotopic (exact) mass is 424 g/mol. The molecule has 0 radical (unpaired) electrons. The summed E-state index contributed by atoms with van der Waals surface area (Å²) in [7, 11) is 3.20. The largest absolute Gasteiger partial charge is 0.497 e. The average molecular weight is 425 g/mol. The summed E-state index contributed by atoms with van der Waals surface area (Å²) in [5.41, 5.74) is 5.48. The van der Waals surface area contributed by atoms with Crippen molar-refractivity contribution in [3.63, 3.8) is 0 Å². The molecular weight excluding hydrogens is 404 g/mol. The topological polar surface area (TPSA) is 55.1 Å². The van der Waals surface area contributed by atoms with Gasteiger partial charge in [-0.25, -0.2) is 4.98 Å². The summed E-state index contributed by atoms with van der Waals surface area (Å²) in [6, 6.07) is 26.3. The van der Waals surface area contributed by atoms with Crippen LogP contribution in [0.3, 0.4) is 0 Å². The number of thiazole rings is 1. The van der Waals surface area contributed by atoms with Crippen LogP contribution in [-0.4, -0.2) is 19.2 Å². The molecule has 1 heterocycles. The highest BCUT2D eigenvalue weighted by molar-refractivity contribution is 7.11. The third-order valence-corrected chi connectivity index (χ3v) is 5.76. The predicted molar refractivity (Wildman–Crippen MR) is 126 cm³/mol. The van der Waals surface area contributed by atoms with Crippen LogP contribution in [0, 0.1) is 11.3 Å². The van der Waals surface area contributed by atoms with Crippen LogP contribution < -0.4 is 9.47 Å². The molecule has 31 heavy (non-hydrogen) atoms. The molecule has 0 aliphatic heterocycles. The van der Waals surface area contributed by atoms with E-state index in [2.05, 4.69) is 42.5 Å². The Labute approximate surface area is 185 Å². The molecule has 0 amide bonds. The minimum Gasteiger partial charge on any atom is -0.497 e. The number of hydrogen-bond donors (Lipinski definition) is 0. The minimum atomic E-state index is 0.487. The summed E-state index contributed by atoms with van der Waals surface area (Å²) in [4.78, 5) is 4.70.